The number of hydrogen-bond acceptors (Lipinski definition) is 9. The maximum absolute atomic E-state index is 15.3. The number of halogens is 3. The smallest absolute Gasteiger partial charge is 0.315 e. The average molecular weight is 723 g/mol. The molecular formula is C32H25B5F3N3O8S. The molecule has 20 heteroatoms. The van der Waals surface area contributed by atoms with E-state index in [2.05, 4.69) is 30.6 Å². The number of nitrogens with zero attached hydrogens (tertiary/aromatic N) is 1. The zero-order chi connectivity index (χ0) is 38.1. The largest absolute Gasteiger partial charge is 0.493 e. The number of aliphatic hydroxyl groups excluding tert-OH is 1. The van der Waals surface area contributed by atoms with E-state index in [-0.39, 0.29) is 45.5 Å². The predicted octanol–water partition coefficient (Wildman–Crippen LogP) is 2.36. The summed E-state index contributed by atoms with van der Waals surface area (Å²) in [7, 11) is 26.2. The number of imidazole rings is 1. The summed E-state index contributed by atoms with van der Waals surface area (Å²) in [5, 5.41) is 46.0. The number of nitrogens with one attached hydrogen (secondary N) is 2. The summed E-state index contributed by atoms with van der Waals surface area (Å²) in [6, 6.07) is 9.92. The highest BCUT2D eigenvalue weighted by molar-refractivity contribution is 8.04. The van der Waals surface area contributed by atoms with Gasteiger partial charge in [-0.1, -0.05) is 22.6 Å². The van der Waals surface area contributed by atoms with Crippen LogP contribution in [0.5, 0.6) is 17.2 Å². The molecule has 52 heavy (non-hydrogen) atoms. The molecule has 1 aliphatic rings. The molecule has 3 heterocycles. The second kappa shape index (κ2) is 15.4. The van der Waals surface area contributed by atoms with E-state index in [1.165, 1.54) is 30.6 Å². The molecule has 10 radical (unpaired) electrons. The van der Waals surface area contributed by atoms with Gasteiger partial charge in [-0.2, -0.15) is 4.39 Å². The Morgan fingerprint density at radius 1 is 1.10 bits per heavy atom. The highest BCUT2D eigenvalue weighted by atomic mass is 32.2. The highest BCUT2D eigenvalue weighted by Gasteiger charge is 2.40. The maximum Gasteiger partial charge on any atom is 0.315 e. The number of thioether (sulfide) groups is 1. The molecular weight excluding hydrogens is 697 g/mol. The van der Waals surface area contributed by atoms with Crippen LogP contribution in [0, 0.1) is 23.4 Å². The minimum absolute atomic E-state index is 0.0127. The van der Waals surface area contributed by atoms with Crippen LogP contribution < -0.4 is 9.47 Å². The molecule has 7 N–H and O–H groups in total. The van der Waals surface area contributed by atoms with Crippen molar-refractivity contribution >= 4 is 67.9 Å². The molecule has 3 aromatic carbocycles. The molecule has 258 valence electrons. The van der Waals surface area contributed by atoms with Gasteiger partial charge in [0.15, 0.2) is 11.6 Å². The van der Waals surface area contributed by atoms with Crippen LogP contribution >= 0.6 is 11.8 Å². The van der Waals surface area contributed by atoms with Crippen molar-refractivity contribution in [3.63, 3.8) is 0 Å². The zero-order valence-electron chi connectivity index (χ0n) is 26.9. The molecule has 0 spiro atoms. The third-order valence-corrected chi connectivity index (χ3v) is 8.78. The number of aromatic nitrogens is 3. The van der Waals surface area contributed by atoms with E-state index < -0.39 is 57.8 Å². The number of carboxylic acid groups (broad SMARTS) is 1. The lowest BCUT2D eigenvalue weighted by atomic mass is 9.56. The number of aliphatic hydroxyl groups is 4. The molecule has 2 aromatic heterocycles. The van der Waals surface area contributed by atoms with E-state index in [0.29, 0.717) is 40.8 Å². The first-order valence-electron chi connectivity index (χ1n) is 15.3. The second-order valence-electron chi connectivity index (χ2n) is 11.7. The lowest BCUT2D eigenvalue weighted by Gasteiger charge is -2.29. The minimum Gasteiger partial charge on any atom is -0.493 e. The van der Waals surface area contributed by atoms with Crippen LogP contribution in [0.3, 0.4) is 0 Å². The van der Waals surface area contributed by atoms with Crippen molar-refractivity contribution in [3.8, 4) is 28.6 Å². The number of ether oxygens (including phenoxy) is 2. The quantitative estimate of drug-likeness (QED) is 0.0643. The number of carbonyl (C=O) groups is 1. The molecule has 0 bridgehead atoms. The summed E-state index contributed by atoms with van der Waals surface area (Å²) in [5.41, 5.74) is 1.27. The molecule has 0 amide bonds. The first kappa shape index (κ1) is 39.0. The van der Waals surface area contributed by atoms with Gasteiger partial charge in [0.2, 0.25) is 5.82 Å². The molecule has 0 aliphatic carbocycles. The third kappa shape index (κ3) is 8.69. The molecule has 0 fully saturated rings. The standard InChI is InChI=1S/C31H23B3F3N3O7S.CH2B2O/c32-31(33,34)48-27-17-6-8-38-24(17)22(36)23(37)26(27)47-14-4-5-20(35)18(11-14)28-39-12-21(40-28)15-7-9-46-25-13(2-1-3-16(15)25)10-19(29(41)42)30(43,44)45;2-1(3)4/h1-6,8,11-12,15,19,38,43-45H,7,9-10H2,(H,39,40)(H,41,42);1,4H. The summed E-state index contributed by atoms with van der Waals surface area (Å²) in [5.74, 6) is -12.1. The Labute approximate surface area is 305 Å². The molecule has 2 atom stereocenters. The number of benzene rings is 3. The summed E-state index contributed by atoms with van der Waals surface area (Å²) in [6.07, 6.45) is 2.88. The number of aromatic amines is 2. The van der Waals surface area contributed by atoms with Crippen LogP contribution in [-0.2, 0) is 11.2 Å². The van der Waals surface area contributed by atoms with Gasteiger partial charge in [0.1, 0.15) is 29.1 Å². The van der Waals surface area contributed by atoms with Gasteiger partial charge in [-0.3, -0.25) is 4.79 Å². The van der Waals surface area contributed by atoms with E-state index in [0.717, 1.165) is 6.07 Å². The normalized spacial score (nSPS) is 15.0. The number of hydrogen-bond donors (Lipinski definition) is 7. The minimum atomic E-state index is -3.47. The third-order valence-electron chi connectivity index (χ3n) is 7.82. The van der Waals surface area contributed by atoms with Gasteiger partial charge in [-0.15, -0.1) is 11.8 Å². The summed E-state index contributed by atoms with van der Waals surface area (Å²) in [6.45, 7) is 0.199. The monoisotopic (exact) mass is 723 g/mol. The molecule has 1 aliphatic heterocycles. The SMILES string of the molecule is [B]C([B])([B])Sc1c(Oc2ccc(F)c(-c3ncc(C4CCOc5c(CC(C(=O)O)C(O)(O)O)cccc54)[nH]3)c2)c(F)c(F)c2[nH]ccc12.[B]C([B])O. The predicted molar refractivity (Wildman–Crippen MR) is 188 cm³/mol. The first-order valence-corrected chi connectivity index (χ1v) is 16.1. The fraction of sp³-hybridized carbons (Fsp3) is 0.250. The van der Waals surface area contributed by atoms with Crippen molar-refractivity contribution < 1.29 is 53.0 Å². The number of para-hydroxylation sites is 1. The number of rotatable bonds is 10. The van der Waals surface area contributed by atoms with Gasteiger partial charge in [0.25, 0.3) is 5.97 Å². The van der Waals surface area contributed by atoms with Crippen LogP contribution in [0.4, 0.5) is 13.2 Å². The van der Waals surface area contributed by atoms with E-state index in [9.17, 15) is 29.6 Å². The Morgan fingerprint density at radius 3 is 2.46 bits per heavy atom. The van der Waals surface area contributed by atoms with E-state index in [1.807, 2.05) is 0 Å². The van der Waals surface area contributed by atoms with Crippen molar-refractivity contribution in [1.29, 1.82) is 0 Å². The van der Waals surface area contributed by atoms with Gasteiger partial charge >= 0.3 is 5.97 Å². The first-order chi connectivity index (χ1) is 24.4. The Kier molecular flexibility index (Phi) is 11.6. The van der Waals surface area contributed by atoms with Gasteiger partial charge in [0, 0.05) is 35.0 Å². The van der Waals surface area contributed by atoms with Crippen LogP contribution in [-0.4, -0.2) is 109 Å². The van der Waals surface area contributed by atoms with Crippen molar-refractivity contribution in [1.82, 2.24) is 15.0 Å². The van der Waals surface area contributed by atoms with Gasteiger partial charge in [0.05, 0.1) is 61.8 Å². The molecule has 2 unspecified atom stereocenters. The Hall–Kier alpha value is -4.22. The van der Waals surface area contributed by atoms with Crippen LogP contribution in [0.15, 0.2) is 59.8 Å². The molecule has 0 saturated heterocycles. The van der Waals surface area contributed by atoms with E-state index in [1.54, 1.807) is 18.2 Å². The maximum atomic E-state index is 15.3. The van der Waals surface area contributed by atoms with Crippen molar-refractivity contribution in [2.75, 3.05) is 6.61 Å². The number of fused-ring (bicyclic) bond motifs is 2. The molecule has 11 nitrogen and oxygen atoms in total. The fourth-order valence-electron chi connectivity index (χ4n) is 5.64. The van der Waals surface area contributed by atoms with E-state index in [4.69, 9.17) is 38.1 Å². The Bertz CT molecular complexity index is 2090. The molecule has 0 saturated carbocycles. The zero-order valence-corrected chi connectivity index (χ0v) is 27.7. The summed E-state index contributed by atoms with van der Waals surface area (Å²) < 4.78 is 55.2. The van der Waals surface area contributed by atoms with Gasteiger partial charge in [-0.25, -0.2) is 13.8 Å². The average Bonchev–Trinajstić information content (AvgIpc) is 3.74. The van der Waals surface area contributed by atoms with Gasteiger partial charge < -0.3 is 45.0 Å². The van der Waals surface area contributed by atoms with Gasteiger partial charge in [-0.05, 0) is 48.6 Å². The van der Waals surface area contributed by atoms with Crippen LogP contribution in [0.1, 0.15) is 29.2 Å². The number of H-pyrrole nitrogens is 2. The van der Waals surface area contributed by atoms with Crippen LogP contribution in [0.2, 0.25) is 0 Å². The van der Waals surface area contributed by atoms with Crippen LogP contribution in [0.25, 0.3) is 22.3 Å². The second-order valence-corrected chi connectivity index (χ2v) is 13.1. The topological polar surface area (TPSA) is 181 Å². The lowest BCUT2D eigenvalue weighted by molar-refractivity contribution is -0.337. The summed E-state index contributed by atoms with van der Waals surface area (Å²) >= 11 is 0.640. The Balaban J connectivity index is 0.00000124. The molecule has 6 rings (SSSR count). The lowest BCUT2D eigenvalue weighted by Crippen LogP contribution is -2.43. The number of carboxylic acids is 1. The Morgan fingerprint density at radius 2 is 1.81 bits per heavy atom. The van der Waals surface area contributed by atoms with E-state index >= 15 is 8.78 Å². The summed E-state index contributed by atoms with van der Waals surface area (Å²) in [4.78, 5) is 21.7. The number of aliphatic carboxylic acids is 1. The van der Waals surface area contributed by atoms with Crippen molar-refractivity contribution in [3.05, 3.63) is 89.1 Å². The fourth-order valence-corrected chi connectivity index (χ4v) is 6.50. The van der Waals surface area contributed by atoms with Crippen molar-refractivity contribution in [2.24, 2.45) is 5.92 Å². The highest BCUT2D eigenvalue weighted by Crippen LogP contribution is 2.45. The molecule has 5 aromatic rings. The van der Waals surface area contributed by atoms with Crippen molar-refractivity contribution in [2.45, 2.75) is 40.0 Å².